The van der Waals surface area contributed by atoms with Crippen LogP contribution in [0.15, 0.2) is 17.2 Å². The highest BCUT2D eigenvalue weighted by Gasteiger charge is 2.28. The number of carbonyl (C=O) groups is 3. The minimum atomic E-state index is -3.70. The second kappa shape index (κ2) is 7.66. The lowest BCUT2D eigenvalue weighted by molar-refractivity contribution is -0.130. The lowest BCUT2D eigenvalue weighted by Crippen LogP contribution is -2.37. The number of nitrogens with one attached hydrogen (secondary N) is 2. The largest absolute Gasteiger partial charge is 0.451 e. The van der Waals surface area contributed by atoms with Crippen molar-refractivity contribution in [3.63, 3.8) is 0 Å². The zero-order chi connectivity index (χ0) is 18.6. The average molecular weight is 372 g/mol. The van der Waals surface area contributed by atoms with Crippen molar-refractivity contribution in [2.75, 3.05) is 32.8 Å². The van der Waals surface area contributed by atoms with Crippen LogP contribution in [0.25, 0.3) is 0 Å². The Labute approximate surface area is 145 Å². The van der Waals surface area contributed by atoms with Gasteiger partial charge in [0.25, 0.3) is 5.91 Å². The molecule has 0 atom stereocenters. The number of aromatic nitrogens is 1. The standard InChI is InChI=1S/C14H20N4O6S/c1-3-17(4-2)25(22,23)10-7-11(16-8-10)13(20)24-9-12(19)18-6-5-15-14(18)21/h7-8,16H,3-6,9H2,1-2H3,(H,15,21). The number of aromatic amines is 1. The van der Waals surface area contributed by atoms with Crippen LogP contribution in [0.4, 0.5) is 4.79 Å². The molecule has 1 saturated heterocycles. The Hall–Kier alpha value is -2.40. The molecular weight excluding hydrogens is 352 g/mol. The van der Waals surface area contributed by atoms with Crippen molar-refractivity contribution < 1.29 is 27.5 Å². The Morgan fingerprint density at radius 3 is 2.56 bits per heavy atom. The Balaban J connectivity index is 2.01. The SMILES string of the molecule is CCN(CC)S(=O)(=O)c1c[nH]c(C(=O)OCC(=O)N2CCNC2=O)c1. The van der Waals surface area contributed by atoms with E-state index in [1.54, 1.807) is 13.8 Å². The Morgan fingerprint density at radius 2 is 2.00 bits per heavy atom. The van der Waals surface area contributed by atoms with E-state index in [-0.39, 0.29) is 17.1 Å². The molecule has 1 aliphatic rings. The number of sulfonamides is 1. The van der Waals surface area contributed by atoms with E-state index in [9.17, 15) is 22.8 Å². The van der Waals surface area contributed by atoms with Gasteiger partial charge in [-0.3, -0.25) is 9.69 Å². The number of hydrogen-bond donors (Lipinski definition) is 2. The molecule has 11 heteroatoms. The number of H-pyrrole nitrogens is 1. The number of imide groups is 1. The van der Waals surface area contributed by atoms with Crippen LogP contribution in [0.3, 0.4) is 0 Å². The molecule has 1 aromatic heterocycles. The minimum absolute atomic E-state index is 0.0617. The highest BCUT2D eigenvalue weighted by atomic mass is 32.2. The molecule has 1 fully saturated rings. The minimum Gasteiger partial charge on any atom is -0.451 e. The van der Waals surface area contributed by atoms with E-state index in [1.165, 1.54) is 10.5 Å². The number of rotatable bonds is 7. The van der Waals surface area contributed by atoms with E-state index in [1.807, 2.05) is 0 Å². The van der Waals surface area contributed by atoms with Crippen molar-refractivity contribution in [3.05, 3.63) is 18.0 Å². The van der Waals surface area contributed by atoms with Crippen LogP contribution in [0.2, 0.25) is 0 Å². The number of carbonyl (C=O) groups excluding carboxylic acids is 3. The predicted molar refractivity (Wildman–Crippen MR) is 86.3 cm³/mol. The van der Waals surface area contributed by atoms with Gasteiger partial charge in [0.1, 0.15) is 10.6 Å². The normalized spacial score (nSPS) is 14.7. The number of urea groups is 1. The number of esters is 1. The molecule has 1 aromatic rings. The van der Waals surface area contributed by atoms with Crippen LogP contribution in [-0.2, 0) is 19.6 Å². The summed E-state index contributed by atoms with van der Waals surface area (Å²) in [4.78, 5) is 38.5. The molecule has 0 spiro atoms. The molecule has 0 aromatic carbocycles. The van der Waals surface area contributed by atoms with E-state index in [0.29, 0.717) is 19.6 Å². The molecule has 25 heavy (non-hydrogen) atoms. The van der Waals surface area contributed by atoms with Crippen LogP contribution in [0.5, 0.6) is 0 Å². The molecule has 1 aliphatic heterocycles. The third-order valence-electron chi connectivity index (χ3n) is 3.70. The van der Waals surface area contributed by atoms with Gasteiger partial charge in [-0.15, -0.1) is 0 Å². The monoisotopic (exact) mass is 372 g/mol. The maximum atomic E-state index is 12.4. The molecule has 2 N–H and O–H groups in total. The second-order valence-corrected chi connectivity index (χ2v) is 7.13. The van der Waals surface area contributed by atoms with Crippen LogP contribution in [-0.4, -0.2) is 73.3 Å². The fraction of sp³-hybridized carbons (Fsp3) is 0.500. The zero-order valence-electron chi connectivity index (χ0n) is 13.9. The van der Waals surface area contributed by atoms with Gasteiger partial charge in [0.05, 0.1) is 0 Å². The summed E-state index contributed by atoms with van der Waals surface area (Å²) < 4.78 is 30.8. The summed E-state index contributed by atoms with van der Waals surface area (Å²) in [6.45, 7) is 3.98. The van der Waals surface area contributed by atoms with Gasteiger partial charge in [-0.1, -0.05) is 13.8 Å². The second-order valence-electron chi connectivity index (χ2n) is 5.19. The fourth-order valence-electron chi connectivity index (χ4n) is 2.35. The summed E-state index contributed by atoms with van der Waals surface area (Å²) in [6.07, 6.45) is 1.19. The number of amides is 3. The van der Waals surface area contributed by atoms with E-state index in [4.69, 9.17) is 4.74 Å². The molecule has 2 heterocycles. The third kappa shape index (κ3) is 3.99. The Morgan fingerprint density at radius 1 is 1.32 bits per heavy atom. The van der Waals surface area contributed by atoms with Gasteiger partial charge < -0.3 is 15.0 Å². The number of ether oxygens (including phenoxy) is 1. The Bertz CT molecular complexity index is 768. The van der Waals surface area contributed by atoms with Gasteiger partial charge in [-0.25, -0.2) is 18.0 Å². The molecular formula is C14H20N4O6S. The van der Waals surface area contributed by atoms with Gasteiger partial charge in [0.15, 0.2) is 6.61 Å². The van der Waals surface area contributed by atoms with Crippen molar-refractivity contribution in [1.29, 1.82) is 0 Å². The summed E-state index contributed by atoms with van der Waals surface area (Å²) in [5.41, 5.74) is -0.0931. The van der Waals surface area contributed by atoms with Crippen molar-refractivity contribution in [3.8, 4) is 0 Å². The lowest BCUT2D eigenvalue weighted by Gasteiger charge is -2.16. The molecule has 0 bridgehead atoms. The average Bonchev–Trinajstić information content (AvgIpc) is 3.22. The predicted octanol–water partition coefficient (Wildman–Crippen LogP) is -0.246. The molecule has 138 valence electrons. The summed E-state index contributed by atoms with van der Waals surface area (Å²) in [5.74, 6) is -1.53. The zero-order valence-corrected chi connectivity index (χ0v) is 14.8. The summed E-state index contributed by atoms with van der Waals surface area (Å²) in [7, 11) is -3.70. The summed E-state index contributed by atoms with van der Waals surface area (Å²) >= 11 is 0. The topological polar surface area (TPSA) is 129 Å². The van der Waals surface area contributed by atoms with Gasteiger partial charge >= 0.3 is 12.0 Å². The van der Waals surface area contributed by atoms with Gasteiger partial charge in [-0.2, -0.15) is 4.31 Å². The summed E-state index contributed by atoms with van der Waals surface area (Å²) in [6, 6.07) is 0.622. The van der Waals surface area contributed by atoms with Gasteiger partial charge in [0.2, 0.25) is 10.0 Å². The number of nitrogens with zero attached hydrogens (tertiary/aromatic N) is 2. The first-order valence-corrected chi connectivity index (χ1v) is 9.19. The van der Waals surface area contributed by atoms with Crippen LogP contribution < -0.4 is 5.32 Å². The molecule has 2 rings (SSSR count). The van der Waals surface area contributed by atoms with E-state index in [0.717, 1.165) is 11.0 Å². The molecule has 0 radical (unpaired) electrons. The maximum Gasteiger partial charge on any atom is 0.355 e. The first-order valence-electron chi connectivity index (χ1n) is 7.75. The van der Waals surface area contributed by atoms with Crippen molar-refractivity contribution in [1.82, 2.24) is 19.5 Å². The van der Waals surface area contributed by atoms with Gasteiger partial charge in [-0.05, 0) is 6.07 Å². The maximum absolute atomic E-state index is 12.4. The molecule has 0 saturated carbocycles. The van der Waals surface area contributed by atoms with Crippen molar-refractivity contribution in [2.45, 2.75) is 18.7 Å². The first-order chi connectivity index (χ1) is 11.8. The lowest BCUT2D eigenvalue weighted by atomic mass is 10.4. The summed E-state index contributed by atoms with van der Waals surface area (Å²) in [5, 5.41) is 2.46. The first kappa shape index (κ1) is 18.9. The van der Waals surface area contributed by atoms with Gasteiger partial charge in [0, 0.05) is 32.4 Å². The van der Waals surface area contributed by atoms with E-state index in [2.05, 4.69) is 10.3 Å². The molecule has 0 unspecified atom stereocenters. The van der Waals surface area contributed by atoms with E-state index >= 15 is 0 Å². The van der Waals surface area contributed by atoms with Crippen LogP contribution >= 0.6 is 0 Å². The third-order valence-corrected chi connectivity index (χ3v) is 5.73. The smallest absolute Gasteiger partial charge is 0.355 e. The highest BCUT2D eigenvalue weighted by molar-refractivity contribution is 7.89. The van der Waals surface area contributed by atoms with E-state index < -0.39 is 34.5 Å². The van der Waals surface area contributed by atoms with Crippen molar-refractivity contribution >= 4 is 27.9 Å². The Kier molecular flexibility index (Phi) is 5.80. The molecule has 0 aliphatic carbocycles. The van der Waals surface area contributed by atoms with Crippen molar-refractivity contribution in [2.24, 2.45) is 0 Å². The quantitative estimate of drug-likeness (QED) is 0.635. The van der Waals surface area contributed by atoms with Crippen LogP contribution in [0, 0.1) is 0 Å². The molecule has 10 nitrogen and oxygen atoms in total. The molecule has 3 amide bonds. The van der Waals surface area contributed by atoms with Crippen LogP contribution in [0.1, 0.15) is 24.3 Å². The fourth-order valence-corrected chi connectivity index (χ4v) is 3.80. The highest BCUT2D eigenvalue weighted by Crippen LogP contribution is 2.17. The number of hydrogen-bond acceptors (Lipinski definition) is 6.